The zero-order chi connectivity index (χ0) is 9.97. The third kappa shape index (κ3) is 1.93. The zero-order valence-corrected chi connectivity index (χ0v) is 8.01. The fraction of sp³-hybridized carbons (Fsp3) is 0.556. The van der Waals surface area contributed by atoms with Crippen molar-refractivity contribution in [3.63, 3.8) is 0 Å². The summed E-state index contributed by atoms with van der Waals surface area (Å²) in [6, 6.07) is 0.276. The molecular formula is C9H13N3O2. The molecule has 0 saturated heterocycles. The van der Waals surface area contributed by atoms with Gasteiger partial charge in [0.2, 0.25) is 11.8 Å². The van der Waals surface area contributed by atoms with E-state index in [0.717, 1.165) is 12.8 Å². The van der Waals surface area contributed by atoms with E-state index in [2.05, 4.69) is 9.97 Å². The van der Waals surface area contributed by atoms with Gasteiger partial charge in [-0.1, -0.05) is 0 Å². The van der Waals surface area contributed by atoms with Crippen molar-refractivity contribution >= 4 is 0 Å². The van der Waals surface area contributed by atoms with E-state index in [4.69, 9.17) is 15.2 Å². The predicted octanol–water partition coefficient (Wildman–Crippen LogP) is 0.354. The van der Waals surface area contributed by atoms with Gasteiger partial charge in [-0.15, -0.1) is 0 Å². The van der Waals surface area contributed by atoms with Gasteiger partial charge in [-0.05, 0) is 12.8 Å². The number of hydrogen-bond donors (Lipinski definition) is 1. The molecule has 5 nitrogen and oxygen atoms in total. The number of methoxy groups -OCH3 is 1. The number of nitrogens with two attached hydrogens (primary N) is 1. The molecule has 14 heavy (non-hydrogen) atoms. The second-order valence-electron chi connectivity index (χ2n) is 3.37. The summed E-state index contributed by atoms with van der Waals surface area (Å²) in [6.07, 6.45) is 5.08. The van der Waals surface area contributed by atoms with Gasteiger partial charge in [0, 0.05) is 6.04 Å². The fourth-order valence-corrected chi connectivity index (χ4v) is 1.36. The third-order valence-corrected chi connectivity index (χ3v) is 2.22. The Hall–Kier alpha value is -1.36. The largest absolute Gasteiger partial charge is 0.480 e. The van der Waals surface area contributed by atoms with Gasteiger partial charge in [0.15, 0.2) is 0 Å². The molecule has 1 aliphatic rings. The first-order valence-corrected chi connectivity index (χ1v) is 4.56. The van der Waals surface area contributed by atoms with Crippen LogP contribution >= 0.6 is 0 Å². The van der Waals surface area contributed by atoms with E-state index < -0.39 is 0 Å². The SMILES string of the molecule is COc1cncc(OC2CC(N)C2)n1. The van der Waals surface area contributed by atoms with Crippen LogP contribution in [0.3, 0.4) is 0 Å². The lowest BCUT2D eigenvalue weighted by molar-refractivity contribution is 0.0945. The summed E-state index contributed by atoms with van der Waals surface area (Å²) in [5.74, 6) is 0.965. The average Bonchev–Trinajstić information content (AvgIpc) is 2.16. The van der Waals surface area contributed by atoms with Crippen LogP contribution in [-0.4, -0.2) is 29.2 Å². The topological polar surface area (TPSA) is 70.3 Å². The normalized spacial score (nSPS) is 25.3. The quantitative estimate of drug-likeness (QED) is 0.753. The minimum absolute atomic E-state index is 0.186. The number of ether oxygens (including phenoxy) is 2. The van der Waals surface area contributed by atoms with E-state index in [-0.39, 0.29) is 12.1 Å². The van der Waals surface area contributed by atoms with Crippen molar-refractivity contribution in [1.82, 2.24) is 9.97 Å². The molecule has 0 aliphatic heterocycles. The van der Waals surface area contributed by atoms with Gasteiger partial charge in [0.25, 0.3) is 0 Å². The van der Waals surface area contributed by atoms with Crippen LogP contribution in [0.1, 0.15) is 12.8 Å². The maximum Gasteiger partial charge on any atom is 0.235 e. The lowest BCUT2D eigenvalue weighted by atomic mass is 9.90. The summed E-state index contributed by atoms with van der Waals surface area (Å²) in [7, 11) is 1.55. The first-order valence-electron chi connectivity index (χ1n) is 4.56. The Labute approximate surface area is 82.3 Å². The number of aromatic nitrogens is 2. The van der Waals surface area contributed by atoms with Crippen LogP contribution in [0.5, 0.6) is 11.8 Å². The van der Waals surface area contributed by atoms with Crippen LogP contribution in [0.4, 0.5) is 0 Å². The van der Waals surface area contributed by atoms with Crippen LogP contribution < -0.4 is 15.2 Å². The Morgan fingerprint density at radius 1 is 1.36 bits per heavy atom. The van der Waals surface area contributed by atoms with Crippen molar-refractivity contribution in [2.45, 2.75) is 25.0 Å². The van der Waals surface area contributed by atoms with E-state index in [1.54, 1.807) is 19.5 Å². The highest BCUT2D eigenvalue weighted by Gasteiger charge is 2.28. The second-order valence-corrected chi connectivity index (χ2v) is 3.37. The molecule has 1 aliphatic carbocycles. The van der Waals surface area contributed by atoms with Gasteiger partial charge in [-0.2, -0.15) is 4.98 Å². The number of hydrogen-bond acceptors (Lipinski definition) is 5. The van der Waals surface area contributed by atoms with Gasteiger partial charge in [0.1, 0.15) is 6.10 Å². The average molecular weight is 195 g/mol. The maximum atomic E-state index is 5.64. The van der Waals surface area contributed by atoms with Crippen LogP contribution in [0.25, 0.3) is 0 Å². The van der Waals surface area contributed by atoms with Crippen molar-refractivity contribution in [2.24, 2.45) is 5.73 Å². The molecule has 0 bridgehead atoms. The molecule has 0 aromatic carbocycles. The monoisotopic (exact) mass is 195 g/mol. The van der Waals surface area contributed by atoms with E-state index in [1.807, 2.05) is 0 Å². The lowest BCUT2D eigenvalue weighted by Gasteiger charge is -2.31. The molecule has 0 unspecified atom stereocenters. The summed E-state index contributed by atoms with van der Waals surface area (Å²) in [5.41, 5.74) is 5.64. The van der Waals surface area contributed by atoms with Gasteiger partial charge >= 0.3 is 0 Å². The summed E-state index contributed by atoms with van der Waals surface area (Å²) < 4.78 is 10.5. The number of nitrogens with zero attached hydrogens (tertiary/aromatic N) is 2. The predicted molar refractivity (Wildman–Crippen MR) is 50.2 cm³/mol. The first kappa shape index (κ1) is 9.21. The summed E-state index contributed by atoms with van der Waals surface area (Å²) in [6.45, 7) is 0. The minimum atomic E-state index is 0.186. The highest BCUT2D eigenvalue weighted by molar-refractivity contribution is 5.13. The molecule has 5 heteroatoms. The molecular weight excluding hydrogens is 182 g/mol. The van der Waals surface area contributed by atoms with E-state index >= 15 is 0 Å². The second kappa shape index (κ2) is 3.79. The van der Waals surface area contributed by atoms with E-state index in [9.17, 15) is 0 Å². The van der Waals surface area contributed by atoms with Crippen molar-refractivity contribution in [3.8, 4) is 11.8 Å². The van der Waals surface area contributed by atoms with E-state index in [0.29, 0.717) is 11.8 Å². The molecule has 2 rings (SSSR count). The molecule has 2 N–H and O–H groups in total. The van der Waals surface area contributed by atoms with Gasteiger partial charge in [0.05, 0.1) is 19.5 Å². The minimum Gasteiger partial charge on any atom is -0.480 e. The zero-order valence-electron chi connectivity index (χ0n) is 8.01. The smallest absolute Gasteiger partial charge is 0.235 e. The number of rotatable bonds is 3. The fourth-order valence-electron chi connectivity index (χ4n) is 1.36. The summed E-state index contributed by atoms with van der Waals surface area (Å²) in [4.78, 5) is 8.03. The van der Waals surface area contributed by atoms with Gasteiger partial charge in [-0.3, -0.25) is 4.98 Å². The molecule has 0 atom stereocenters. The Kier molecular flexibility index (Phi) is 2.49. The molecule has 1 fully saturated rings. The van der Waals surface area contributed by atoms with Gasteiger partial charge in [-0.25, -0.2) is 0 Å². The van der Waals surface area contributed by atoms with Crippen LogP contribution in [0.15, 0.2) is 12.4 Å². The Morgan fingerprint density at radius 2 is 2.07 bits per heavy atom. The molecule has 1 saturated carbocycles. The Balaban J connectivity index is 1.95. The lowest BCUT2D eigenvalue weighted by Crippen LogP contribution is -2.43. The molecule has 76 valence electrons. The van der Waals surface area contributed by atoms with Crippen molar-refractivity contribution in [1.29, 1.82) is 0 Å². The first-order chi connectivity index (χ1) is 6.78. The molecule has 1 aromatic rings. The van der Waals surface area contributed by atoms with Gasteiger partial charge < -0.3 is 15.2 Å². The van der Waals surface area contributed by atoms with Crippen molar-refractivity contribution in [2.75, 3.05) is 7.11 Å². The Bertz CT molecular complexity index is 313. The van der Waals surface area contributed by atoms with Crippen LogP contribution in [0, 0.1) is 0 Å². The molecule has 0 spiro atoms. The van der Waals surface area contributed by atoms with Crippen LogP contribution in [-0.2, 0) is 0 Å². The Morgan fingerprint density at radius 3 is 2.71 bits per heavy atom. The highest BCUT2D eigenvalue weighted by Crippen LogP contribution is 2.23. The summed E-state index contributed by atoms with van der Waals surface area (Å²) >= 11 is 0. The van der Waals surface area contributed by atoms with Crippen molar-refractivity contribution < 1.29 is 9.47 Å². The van der Waals surface area contributed by atoms with Crippen molar-refractivity contribution in [3.05, 3.63) is 12.4 Å². The standard InChI is InChI=1S/C9H13N3O2/c1-13-8-4-11-5-9(12-8)14-7-2-6(10)3-7/h4-7H,2-3,10H2,1H3. The maximum absolute atomic E-state index is 5.64. The molecule has 1 heterocycles. The van der Waals surface area contributed by atoms with E-state index in [1.165, 1.54) is 0 Å². The third-order valence-electron chi connectivity index (χ3n) is 2.22. The highest BCUT2D eigenvalue weighted by atomic mass is 16.5. The molecule has 1 aromatic heterocycles. The molecule has 0 amide bonds. The molecule has 0 radical (unpaired) electrons. The summed E-state index contributed by atoms with van der Waals surface area (Å²) in [5, 5.41) is 0. The van der Waals surface area contributed by atoms with Crippen LogP contribution in [0.2, 0.25) is 0 Å².